The van der Waals surface area contributed by atoms with Crippen molar-refractivity contribution in [3.63, 3.8) is 0 Å². The van der Waals surface area contributed by atoms with Crippen LogP contribution in [0.15, 0.2) is 12.1 Å². The molecule has 0 aromatic carbocycles. The minimum Gasteiger partial charge on any atom is -0.461 e. The molecule has 5 heteroatoms. The predicted molar refractivity (Wildman–Crippen MR) is 44.9 cm³/mol. The first-order valence-electron chi connectivity index (χ1n) is 3.92. The molecule has 72 valence electrons. The Balaban J connectivity index is 3.07. The van der Waals surface area contributed by atoms with Gasteiger partial charge in [-0.2, -0.15) is 5.26 Å². The summed E-state index contributed by atoms with van der Waals surface area (Å²) in [6.07, 6.45) is 0. The second-order valence-corrected chi connectivity index (χ2v) is 2.36. The maximum Gasteiger partial charge on any atom is 0.360 e. The van der Waals surface area contributed by atoms with E-state index < -0.39 is 17.5 Å². The van der Waals surface area contributed by atoms with Crippen molar-refractivity contribution in [3.8, 4) is 6.07 Å². The fourth-order valence-electron chi connectivity index (χ4n) is 0.847. The third-order valence-corrected chi connectivity index (χ3v) is 1.43. The van der Waals surface area contributed by atoms with Crippen molar-refractivity contribution < 1.29 is 13.9 Å². The van der Waals surface area contributed by atoms with Crippen LogP contribution in [0.25, 0.3) is 0 Å². The highest BCUT2D eigenvalue weighted by Crippen LogP contribution is 2.06. The number of hydrogen-bond donors (Lipinski definition) is 0. The molecule has 0 atom stereocenters. The number of hydrogen-bond acceptors (Lipinski definition) is 4. The van der Waals surface area contributed by atoms with E-state index in [1.165, 1.54) is 6.07 Å². The minimum atomic E-state index is -0.859. The van der Waals surface area contributed by atoms with Gasteiger partial charge in [0, 0.05) is 0 Å². The molecule has 0 unspecified atom stereocenters. The predicted octanol–water partition coefficient (Wildman–Crippen LogP) is 1.27. The van der Waals surface area contributed by atoms with Crippen LogP contribution in [0.2, 0.25) is 0 Å². The fourth-order valence-corrected chi connectivity index (χ4v) is 0.847. The van der Waals surface area contributed by atoms with E-state index in [1.807, 2.05) is 0 Å². The number of halogens is 1. The lowest BCUT2D eigenvalue weighted by Gasteiger charge is -2.01. The number of pyridine rings is 1. The Morgan fingerprint density at radius 2 is 2.43 bits per heavy atom. The average molecular weight is 194 g/mol. The molecule has 0 radical (unpaired) electrons. The molecule has 0 saturated heterocycles. The van der Waals surface area contributed by atoms with E-state index in [1.54, 1.807) is 13.0 Å². The number of carbonyl (C=O) groups is 1. The number of nitrogens with zero attached hydrogens (tertiary/aromatic N) is 2. The van der Waals surface area contributed by atoms with Crippen LogP contribution in [0, 0.1) is 17.1 Å². The molecule has 0 aliphatic heterocycles. The van der Waals surface area contributed by atoms with Gasteiger partial charge in [-0.15, -0.1) is 0 Å². The van der Waals surface area contributed by atoms with Gasteiger partial charge in [0.05, 0.1) is 6.61 Å². The molecule has 1 aromatic heterocycles. The molecule has 0 fully saturated rings. The van der Waals surface area contributed by atoms with Crippen LogP contribution < -0.4 is 0 Å². The summed E-state index contributed by atoms with van der Waals surface area (Å²) >= 11 is 0. The molecule has 4 nitrogen and oxygen atoms in total. The van der Waals surface area contributed by atoms with Gasteiger partial charge in [0.1, 0.15) is 11.8 Å². The van der Waals surface area contributed by atoms with E-state index in [0.717, 1.165) is 6.07 Å². The maximum absolute atomic E-state index is 13.0. The molecule has 0 spiro atoms. The van der Waals surface area contributed by atoms with Gasteiger partial charge in [-0.25, -0.2) is 14.2 Å². The molecule has 1 rings (SSSR count). The van der Waals surface area contributed by atoms with Crippen LogP contribution in [-0.2, 0) is 4.74 Å². The largest absolute Gasteiger partial charge is 0.461 e. The third kappa shape index (κ3) is 2.04. The first-order valence-corrected chi connectivity index (χ1v) is 3.92. The minimum absolute atomic E-state index is 0.0190. The Morgan fingerprint density at radius 1 is 1.71 bits per heavy atom. The number of carbonyl (C=O) groups excluding carboxylic acids is 1. The van der Waals surface area contributed by atoms with Crippen LogP contribution in [0.4, 0.5) is 4.39 Å². The van der Waals surface area contributed by atoms with Crippen molar-refractivity contribution in [3.05, 3.63) is 29.3 Å². The second kappa shape index (κ2) is 4.33. The molecule has 1 aromatic rings. The Labute approximate surface area is 79.9 Å². The van der Waals surface area contributed by atoms with Crippen LogP contribution in [0.1, 0.15) is 23.1 Å². The zero-order chi connectivity index (χ0) is 10.6. The fraction of sp³-hybridized carbons (Fsp3) is 0.222. The summed E-state index contributed by atoms with van der Waals surface area (Å²) < 4.78 is 17.6. The van der Waals surface area contributed by atoms with Crippen LogP contribution in [0.3, 0.4) is 0 Å². The highest BCUT2D eigenvalue weighted by Gasteiger charge is 2.15. The Bertz CT molecular complexity index is 398. The molecule has 0 amide bonds. The first kappa shape index (κ1) is 10.1. The van der Waals surface area contributed by atoms with Crippen molar-refractivity contribution in [2.75, 3.05) is 6.61 Å². The van der Waals surface area contributed by atoms with E-state index in [-0.39, 0.29) is 12.3 Å². The summed E-state index contributed by atoms with van der Waals surface area (Å²) in [7, 11) is 0. The quantitative estimate of drug-likeness (QED) is 0.665. The van der Waals surface area contributed by atoms with Crippen molar-refractivity contribution in [1.29, 1.82) is 5.26 Å². The lowest BCUT2D eigenvalue weighted by atomic mass is 10.3. The number of rotatable bonds is 2. The standard InChI is InChI=1S/C9H7FN2O2/c1-2-14-9(13)8-7(10)4-3-6(5-11)12-8/h3-4H,2H2,1H3. The number of ether oxygens (including phenoxy) is 1. The molecule has 0 aliphatic rings. The summed E-state index contributed by atoms with van der Waals surface area (Å²) in [6.45, 7) is 1.74. The second-order valence-electron chi connectivity index (χ2n) is 2.36. The van der Waals surface area contributed by atoms with Gasteiger partial charge in [0.25, 0.3) is 0 Å². The molecule has 0 bridgehead atoms. The van der Waals surface area contributed by atoms with Crippen molar-refractivity contribution in [2.24, 2.45) is 0 Å². The summed E-state index contributed by atoms with van der Waals surface area (Å²) in [4.78, 5) is 14.6. The van der Waals surface area contributed by atoms with Crippen molar-refractivity contribution in [2.45, 2.75) is 6.92 Å². The Morgan fingerprint density at radius 3 is 3.00 bits per heavy atom. The van der Waals surface area contributed by atoms with Gasteiger partial charge in [0.2, 0.25) is 0 Å². The zero-order valence-electron chi connectivity index (χ0n) is 7.45. The Kier molecular flexibility index (Phi) is 3.13. The Hall–Kier alpha value is -1.96. The lowest BCUT2D eigenvalue weighted by molar-refractivity contribution is 0.0513. The van der Waals surface area contributed by atoms with E-state index in [4.69, 9.17) is 5.26 Å². The van der Waals surface area contributed by atoms with E-state index in [2.05, 4.69) is 9.72 Å². The molecule has 14 heavy (non-hydrogen) atoms. The zero-order valence-corrected chi connectivity index (χ0v) is 7.45. The molecular formula is C9H7FN2O2. The van der Waals surface area contributed by atoms with E-state index in [9.17, 15) is 9.18 Å². The topological polar surface area (TPSA) is 63.0 Å². The van der Waals surface area contributed by atoms with Gasteiger partial charge in [-0.1, -0.05) is 0 Å². The van der Waals surface area contributed by atoms with E-state index >= 15 is 0 Å². The van der Waals surface area contributed by atoms with Gasteiger partial charge >= 0.3 is 5.97 Å². The summed E-state index contributed by atoms with van der Waals surface area (Å²) in [5.41, 5.74) is -0.472. The van der Waals surface area contributed by atoms with Gasteiger partial charge < -0.3 is 4.74 Å². The average Bonchev–Trinajstić information content (AvgIpc) is 2.19. The SMILES string of the molecule is CCOC(=O)c1nc(C#N)ccc1F. The monoisotopic (exact) mass is 194 g/mol. The van der Waals surface area contributed by atoms with Crippen LogP contribution in [-0.4, -0.2) is 17.6 Å². The number of esters is 1. The molecule has 0 aliphatic carbocycles. The first-order chi connectivity index (χ1) is 6.69. The number of aromatic nitrogens is 1. The van der Waals surface area contributed by atoms with Gasteiger partial charge in [-0.05, 0) is 19.1 Å². The summed E-state index contributed by atoms with van der Waals surface area (Å²) in [5, 5.41) is 8.48. The lowest BCUT2D eigenvalue weighted by Crippen LogP contribution is -2.10. The van der Waals surface area contributed by atoms with Crippen molar-refractivity contribution >= 4 is 5.97 Å². The normalized spacial score (nSPS) is 9.21. The molecular weight excluding hydrogens is 187 g/mol. The van der Waals surface area contributed by atoms with E-state index in [0.29, 0.717) is 0 Å². The third-order valence-electron chi connectivity index (χ3n) is 1.43. The van der Waals surface area contributed by atoms with Gasteiger partial charge in [0.15, 0.2) is 11.5 Å². The smallest absolute Gasteiger partial charge is 0.360 e. The van der Waals surface area contributed by atoms with Crippen LogP contribution >= 0.6 is 0 Å². The maximum atomic E-state index is 13.0. The number of nitriles is 1. The highest BCUT2D eigenvalue weighted by molar-refractivity contribution is 5.87. The van der Waals surface area contributed by atoms with Crippen molar-refractivity contribution in [1.82, 2.24) is 4.98 Å². The molecule has 0 N–H and O–H groups in total. The molecule has 0 saturated carbocycles. The molecule has 1 heterocycles. The van der Waals surface area contributed by atoms with Gasteiger partial charge in [-0.3, -0.25) is 0 Å². The van der Waals surface area contributed by atoms with Crippen LogP contribution in [0.5, 0.6) is 0 Å². The summed E-state index contributed by atoms with van der Waals surface area (Å²) in [5.74, 6) is -1.65. The highest BCUT2D eigenvalue weighted by atomic mass is 19.1. The summed E-state index contributed by atoms with van der Waals surface area (Å²) in [6, 6.07) is 3.91.